The molecule has 1 atom stereocenters. The van der Waals surface area contributed by atoms with E-state index < -0.39 is 0 Å². The van der Waals surface area contributed by atoms with Gasteiger partial charge in [-0.2, -0.15) is 0 Å². The summed E-state index contributed by atoms with van der Waals surface area (Å²) < 4.78 is 6.19. The topological polar surface area (TPSA) is 59.9 Å². The number of pyridine rings is 1. The van der Waals surface area contributed by atoms with Crippen LogP contribution < -0.4 is 5.32 Å². The second-order valence-electron chi connectivity index (χ2n) is 7.73. The zero-order valence-corrected chi connectivity index (χ0v) is 15.4. The van der Waals surface area contributed by atoms with Gasteiger partial charge in [0, 0.05) is 36.0 Å². The maximum Gasteiger partial charge on any atom is 0.163 e. The van der Waals surface area contributed by atoms with Crippen LogP contribution in [0.15, 0.2) is 48.8 Å². The fraction of sp³-hybridized carbons (Fsp3) is 0.409. The standard InChI is InChI=1S/C22H24N4O/c1-2-8-19-18(7-1)21(26-20(25-19)16-6-5-12-23-15-16)24-17-9-13-27-22(14-17)10-3-4-11-22/h1-2,5-8,12,15,17H,3-4,9-11,13-14H2,(H,24,25,26). The van der Waals surface area contributed by atoms with E-state index in [0.717, 1.165) is 41.7 Å². The van der Waals surface area contributed by atoms with Crippen LogP contribution in [0.5, 0.6) is 0 Å². The van der Waals surface area contributed by atoms with Crippen molar-refractivity contribution in [3.8, 4) is 11.4 Å². The molecule has 0 bridgehead atoms. The monoisotopic (exact) mass is 360 g/mol. The van der Waals surface area contributed by atoms with Crippen molar-refractivity contribution in [2.24, 2.45) is 0 Å². The first kappa shape index (κ1) is 16.6. The van der Waals surface area contributed by atoms with Crippen LogP contribution in [0.25, 0.3) is 22.3 Å². The van der Waals surface area contributed by atoms with Gasteiger partial charge >= 0.3 is 0 Å². The van der Waals surface area contributed by atoms with Gasteiger partial charge in [-0.1, -0.05) is 25.0 Å². The summed E-state index contributed by atoms with van der Waals surface area (Å²) in [5.41, 5.74) is 1.98. The van der Waals surface area contributed by atoms with Crippen LogP contribution in [0.2, 0.25) is 0 Å². The molecule has 2 fully saturated rings. The summed E-state index contributed by atoms with van der Waals surface area (Å²) >= 11 is 0. The van der Waals surface area contributed by atoms with Gasteiger partial charge in [0.1, 0.15) is 5.82 Å². The lowest BCUT2D eigenvalue weighted by atomic mass is 9.89. The van der Waals surface area contributed by atoms with E-state index in [1.807, 2.05) is 36.5 Å². The number of anilines is 1. The molecule has 3 heterocycles. The number of para-hydroxylation sites is 1. The first-order valence-electron chi connectivity index (χ1n) is 9.89. The molecule has 3 aromatic rings. The van der Waals surface area contributed by atoms with Crippen molar-refractivity contribution in [3.63, 3.8) is 0 Å². The van der Waals surface area contributed by atoms with Gasteiger partial charge in [-0.3, -0.25) is 4.98 Å². The van der Waals surface area contributed by atoms with Crippen molar-refractivity contribution in [1.82, 2.24) is 15.0 Å². The Morgan fingerprint density at radius 1 is 1.04 bits per heavy atom. The van der Waals surface area contributed by atoms with E-state index in [2.05, 4.69) is 16.4 Å². The third kappa shape index (κ3) is 3.28. The van der Waals surface area contributed by atoms with E-state index in [0.29, 0.717) is 11.9 Å². The molecule has 27 heavy (non-hydrogen) atoms. The van der Waals surface area contributed by atoms with Gasteiger partial charge in [-0.15, -0.1) is 0 Å². The van der Waals surface area contributed by atoms with Crippen LogP contribution in [0.4, 0.5) is 5.82 Å². The Morgan fingerprint density at radius 3 is 2.78 bits per heavy atom. The van der Waals surface area contributed by atoms with Gasteiger partial charge < -0.3 is 10.1 Å². The molecule has 2 aliphatic rings. The predicted octanol–water partition coefficient (Wildman–Crippen LogP) is 4.60. The van der Waals surface area contributed by atoms with Gasteiger partial charge in [0.25, 0.3) is 0 Å². The fourth-order valence-corrected chi connectivity index (χ4v) is 4.52. The van der Waals surface area contributed by atoms with E-state index in [4.69, 9.17) is 14.7 Å². The smallest absolute Gasteiger partial charge is 0.163 e. The molecule has 138 valence electrons. The quantitative estimate of drug-likeness (QED) is 0.740. The molecule has 5 heteroatoms. The average molecular weight is 360 g/mol. The Morgan fingerprint density at radius 2 is 1.93 bits per heavy atom. The highest BCUT2D eigenvalue weighted by Crippen LogP contribution is 2.41. The molecule has 0 radical (unpaired) electrons. The Bertz CT molecular complexity index is 937. The molecule has 1 aliphatic carbocycles. The molecule has 1 aliphatic heterocycles. The van der Waals surface area contributed by atoms with Crippen LogP contribution in [0, 0.1) is 0 Å². The summed E-state index contributed by atoms with van der Waals surface area (Å²) in [5, 5.41) is 4.80. The van der Waals surface area contributed by atoms with Crippen molar-refractivity contribution in [3.05, 3.63) is 48.8 Å². The van der Waals surface area contributed by atoms with Crippen LogP contribution in [0.3, 0.4) is 0 Å². The van der Waals surface area contributed by atoms with Gasteiger partial charge in [0.05, 0.1) is 11.1 Å². The number of hydrogen-bond acceptors (Lipinski definition) is 5. The highest BCUT2D eigenvalue weighted by atomic mass is 16.5. The summed E-state index contributed by atoms with van der Waals surface area (Å²) in [7, 11) is 0. The summed E-state index contributed by atoms with van der Waals surface area (Å²) in [6.45, 7) is 0.830. The number of nitrogens with one attached hydrogen (secondary N) is 1. The van der Waals surface area contributed by atoms with E-state index in [1.165, 1.54) is 25.7 Å². The molecular formula is C22H24N4O. The third-order valence-corrected chi connectivity index (χ3v) is 5.87. The molecule has 1 unspecified atom stereocenters. The molecule has 1 saturated heterocycles. The first-order chi connectivity index (χ1) is 13.3. The highest BCUT2D eigenvalue weighted by molar-refractivity contribution is 5.90. The van der Waals surface area contributed by atoms with Crippen molar-refractivity contribution in [1.29, 1.82) is 0 Å². The van der Waals surface area contributed by atoms with Gasteiger partial charge in [-0.25, -0.2) is 9.97 Å². The number of aromatic nitrogens is 3. The molecule has 5 nitrogen and oxygen atoms in total. The predicted molar refractivity (Wildman–Crippen MR) is 107 cm³/mol. The summed E-state index contributed by atoms with van der Waals surface area (Å²) in [6, 6.07) is 12.5. The minimum atomic E-state index is 0.0882. The third-order valence-electron chi connectivity index (χ3n) is 5.87. The Labute approximate surface area is 159 Å². The van der Waals surface area contributed by atoms with Crippen LogP contribution in [-0.4, -0.2) is 33.2 Å². The van der Waals surface area contributed by atoms with E-state index >= 15 is 0 Å². The molecule has 1 spiro atoms. The van der Waals surface area contributed by atoms with Crippen molar-refractivity contribution < 1.29 is 4.74 Å². The summed E-state index contributed by atoms with van der Waals surface area (Å²) in [4.78, 5) is 13.8. The SMILES string of the molecule is c1cncc(-c2nc(NC3CCOC4(CCCC4)C3)c3ccccc3n2)c1. The Balaban J connectivity index is 1.50. The molecule has 0 amide bonds. The maximum absolute atomic E-state index is 6.19. The molecule has 1 saturated carbocycles. The van der Waals surface area contributed by atoms with Gasteiger partial charge in [0.2, 0.25) is 0 Å². The van der Waals surface area contributed by atoms with Crippen molar-refractivity contribution in [2.45, 2.75) is 50.2 Å². The van der Waals surface area contributed by atoms with E-state index in [9.17, 15) is 0 Å². The normalized spacial score (nSPS) is 21.6. The van der Waals surface area contributed by atoms with Gasteiger partial charge in [0.15, 0.2) is 5.82 Å². The lowest BCUT2D eigenvalue weighted by Gasteiger charge is -2.38. The molecule has 5 rings (SSSR count). The van der Waals surface area contributed by atoms with E-state index in [1.54, 1.807) is 6.20 Å². The second kappa shape index (κ2) is 6.89. The highest BCUT2D eigenvalue weighted by Gasteiger charge is 2.40. The number of rotatable bonds is 3. The summed E-state index contributed by atoms with van der Waals surface area (Å²) in [5.74, 6) is 1.63. The molecule has 2 aromatic heterocycles. The van der Waals surface area contributed by atoms with Gasteiger partial charge in [-0.05, 0) is 49.9 Å². The Kier molecular flexibility index (Phi) is 4.24. The summed E-state index contributed by atoms with van der Waals surface area (Å²) in [6.07, 6.45) is 10.6. The molecule has 1 N–H and O–H groups in total. The number of hydrogen-bond donors (Lipinski definition) is 1. The number of benzene rings is 1. The minimum Gasteiger partial charge on any atom is -0.375 e. The van der Waals surface area contributed by atoms with Crippen LogP contribution in [0.1, 0.15) is 38.5 Å². The number of nitrogens with zero attached hydrogens (tertiary/aromatic N) is 3. The fourth-order valence-electron chi connectivity index (χ4n) is 4.52. The average Bonchev–Trinajstić information content (AvgIpc) is 3.16. The first-order valence-corrected chi connectivity index (χ1v) is 9.89. The lowest BCUT2D eigenvalue weighted by molar-refractivity contribution is -0.0767. The number of ether oxygens (including phenoxy) is 1. The van der Waals surface area contributed by atoms with Crippen molar-refractivity contribution in [2.75, 3.05) is 11.9 Å². The minimum absolute atomic E-state index is 0.0882. The van der Waals surface area contributed by atoms with Crippen molar-refractivity contribution >= 4 is 16.7 Å². The molecular weight excluding hydrogens is 336 g/mol. The Hall–Kier alpha value is -2.53. The zero-order chi connectivity index (χ0) is 18.1. The van der Waals surface area contributed by atoms with Crippen LogP contribution >= 0.6 is 0 Å². The second-order valence-corrected chi connectivity index (χ2v) is 7.73. The lowest BCUT2D eigenvalue weighted by Crippen LogP contribution is -2.42. The van der Waals surface area contributed by atoms with Crippen LogP contribution in [-0.2, 0) is 4.74 Å². The molecule has 1 aromatic carbocycles. The van der Waals surface area contributed by atoms with E-state index in [-0.39, 0.29) is 5.60 Å². The maximum atomic E-state index is 6.19. The largest absolute Gasteiger partial charge is 0.375 e. The number of fused-ring (bicyclic) bond motifs is 1. The zero-order valence-electron chi connectivity index (χ0n) is 15.4.